The third-order valence-electron chi connectivity index (χ3n) is 10.3. The number of aliphatic hydroxyl groups is 1. The van der Waals surface area contributed by atoms with Crippen LogP contribution in [0, 0.1) is 11.8 Å². The van der Waals surface area contributed by atoms with Crippen LogP contribution in [0.4, 0.5) is 0 Å². The first kappa shape index (κ1) is 41.7. The summed E-state index contributed by atoms with van der Waals surface area (Å²) in [6.07, 6.45) is 7.80. The van der Waals surface area contributed by atoms with Gasteiger partial charge in [0.15, 0.2) is 0 Å². The van der Waals surface area contributed by atoms with E-state index >= 15 is 0 Å². The van der Waals surface area contributed by atoms with Gasteiger partial charge in [-0.05, 0) is 63.7 Å². The van der Waals surface area contributed by atoms with Crippen LogP contribution in [0.1, 0.15) is 118 Å². The molecule has 15 nitrogen and oxygen atoms in total. The van der Waals surface area contributed by atoms with Crippen molar-refractivity contribution in [2.45, 2.75) is 154 Å². The Morgan fingerprint density at radius 1 is 0.725 bits per heavy atom. The molecule has 3 rings (SSSR count). The number of carbonyl (C=O) groups excluding carboxylic acids is 6. The summed E-state index contributed by atoms with van der Waals surface area (Å²) in [5.41, 5.74) is 0. The summed E-state index contributed by atoms with van der Waals surface area (Å²) in [6.45, 7) is 7.61. The molecule has 6 N–H and O–H groups in total. The van der Waals surface area contributed by atoms with Crippen LogP contribution in [0.2, 0.25) is 0 Å². The smallest absolute Gasteiger partial charge is 0.305 e. The summed E-state index contributed by atoms with van der Waals surface area (Å²) in [5.74, 6) is -4.40. The van der Waals surface area contributed by atoms with E-state index in [1.807, 2.05) is 20.8 Å². The number of nitrogens with zero attached hydrogens (tertiary/aromatic N) is 2. The lowest BCUT2D eigenvalue weighted by molar-refractivity contribution is -0.149. The van der Waals surface area contributed by atoms with Gasteiger partial charge in [-0.1, -0.05) is 52.9 Å². The first-order valence-corrected chi connectivity index (χ1v) is 18.9. The van der Waals surface area contributed by atoms with Gasteiger partial charge >= 0.3 is 5.97 Å². The molecule has 0 aromatic rings. The monoisotopic (exact) mass is 720 g/mol. The average Bonchev–Trinajstić information content (AvgIpc) is 3.60. The fraction of sp³-hybridized carbons (Fsp3) is 0.806. The van der Waals surface area contributed by atoms with Crippen LogP contribution in [0.3, 0.4) is 0 Å². The Balaban J connectivity index is 1.71. The number of carboxylic acid groups (broad SMARTS) is 1. The van der Waals surface area contributed by atoms with Gasteiger partial charge in [0.2, 0.25) is 35.4 Å². The minimum atomic E-state index is -1.52. The number of aliphatic carboxylic acids is 1. The molecular formula is C36H60N6O9. The maximum atomic E-state index is 13.9. The molecule has 1 unspecified atom stereocenters. The van der Waals surface area contributed by atoms with E-state index in [-0.39, 0.29) is 31.3 Å². The highest BCUT2D eigenvalue weighted by atomic mass is 16.4. The number of rotatable bonds is 17. The van der Waals surface area contributed by atoms with Crippen LogP contribution >= 0.6 is 0 Å². The molecule has 2 saturated heterocycles. The van der Waals surface area contributed by atoms with Gasteiger partial charge in [0.25, 0.3) is 0 Å². The summed E-state index contributed by atoms with van der Waals surface area (Å²) < 4.78 is 0. The van der Waals surface area contributed by atoms with Crippen molar-refractivity contribution in [2.75, 3.05) is 19.6 Å². The zero-order chi connectivity index (χ0) is 37.7. The quantitative estimate of drug-likeness (QED) is 0.127. The summed E-state index contributed by atoms with van der Waals surface area (Å²) in [7, 11) is 0. The van der Waals surface area contributed by atoms with E-state index in [1.165, 1.54) is 36.0 Å². The summed E-state index contributed by atoms with van der Waals surface area (Å²) in [5, 5.41) is 30.5. The zero-order valence-corrected chi connectivity index (χ0v) is 30.8. The van der Waals surface area contributed by atoms with Crippen LogP contribution < -0.4 is 21.3 Å². The molecule has 6 atom stereocenters. The van der Waals surface area contributed by atoms with Gasteiger partial charge in [0.1, 0.15) is 30.2 Å². The topological polar surface area (TPSA) is 215 Å². The van der Waals surface area contributed by atoms with Gasteiger partial charge in [-0.3, -0.25) is 33.6 Å². The number of hydrogen-bond donors (Lipinski definition) is 6. The van der Waals surface area contributed by atoms with Crippen molar-refractivity contribution in [1.29, 1.82) is 0 Å². The maximum Gasteiger partial charge on any atom is 0.305 e. The van der Waals surface area contributed by atoms with E-state index in [4.69, 9.17) is 0 Å². The standard InChI is InChI=1S/C36H60N6O9/c1-5-18-37-34(49)31(23(4)43)40-33(48)27-15-11-20-41(27)35(50)25(21-29(45)46)38-32(47)26-14-9-10-19-42(26)36(51)30(22(2)3)39-28(44)17-16-24-12-7-6-8-13-24/h22-27,30-31,43H,5-21H2,1-4H3,(H,37,49)(H,38,47)(H,39,44)(H,40,48)(H,45,46)/t23?,25-,26-,27-,30-,31-/m0/s1. The van der Waals surface area contributed by atoms with E-state index in [0.29, 0.717) is 51.0 Å². The van der Waals surface area contributed by atoms with Crippen LogP contribution in [-0.4, -0.2) is 117 Å². The van der Waals surface area contributed by atoms with Crippen LogP contribution in [0.15, 0.2) is 0 Å². The van der Waals surface area contributed by atoms with Gasteiger partial charge in [0, 0.05) is 26.1 Å². The molecule has 3 aliphatic rings. The Morgan fingerprint density at radius 3 is 1.92 bits per heavy atom. The highest BCUT2D eigenvalue weighted by molar-refractivity contribution is 5.98. The zero-order valence-electron chi connectivity index (χ0n) is 30.8. The molecule has 0 aromatic heterocycles. The molecule has 3 fully saturated rings. The largest absolute Gasteiger partial charge is 0.481 e. The molecule has 2 heterocycles. The Kier molecular flexibility index (Phi) is 16.6. The lowest BCUT2D eigenvalue weighted by Gasteiger charge is -2.38. The first-order valence-electron chi connectivity index (χ1n) is 18.9. The van der Waals surface area contributed by atoms with Crippen molar-refractivity contribution in [3.63, 3.8) is 0 Å². The SMILES string of the molecule is CCCNC(=O)[C@@H](NC(=O)[C@@H]1CCCN1C(=O)[C@H](CC(=O)O)NC(=O)[C@@H]1CCCCN1C(=O)[C@@H](NC(=O)CCC1CCCCC1)C(C)C)C(C)O. The van der Waals surface area contributed by atoms with Gasteiger partial charge in [0.05, 0.1) is 12.5 Å². The lowest BCUT2D eigenvalue weighted by atomic mass is 9.86. The van der Waals surface area contributed by atoms with E-state index < -0.39 is 78.2 Å². The van der Waals surface area contributed by atoms with Crippen LogP contribution in [0.5, 0.6) is 0 Å². The van der Waals surface area contributed by atoms with Crippen molar-refractivity contribution in [3.8, 4) is 0 Å². The third kappa shape index (κ3) is 12.2. The molecule has 2 aliphatic heterocycles. The van der Waals surface area contributed by atoms with Gasteiger partial charge < -0.3 is 41.3 Å². The maximum absolute atomic E-state index is 13.9. The van der Waals surface area contributed by atoms with E-state index in [0.717, 1.165) is 19.3 Å². The Hall–Kier alpha value is -3.75. The van der Waals surface area contributed by atoms with Crippen molar-refractivity contribution < 1.29 is 43.8 Å². The number of carbonyl (C=O) groups is 7. The average molecular weight is 721 g/mol. The Bertz CT molecular complexity index is 1240. The van der Waals surface area contributed by atoms with Gasteiger partial charge in [-0.25, -0.2) is 0 Å². The number of hydrogen-bond acceptors (Lipinski definition) is 8. The molecule has 6 amide bonds. The normalized spacial score (nSPS) is 22.0. The van der Waals surface area contributed by atoms with E-state index in [9.17, 15) is 43.8 Å². The molecule has 1 saturated carbocycles. The summed E-state index contributed by atoms with van der Waals surface area (Å²) in [4.78, 5) is 95.0. The molecule has 0 bridgehead atoms. The minimum Gasteiger partial charge on any atom is -0.481 e. The van der Waals surface area contributed by atoms with Crippen LogP contribution in [-0.2, 0) is 33.6 Å². The second-order valence-electron chi connectivity index (χ2n) is 14.7. The number of aliphatic hydroxyl groups excluding tert-OH is 1. The molecule has 288 valence electrons. The highest BCUT2D eigenvalue weighted by Gasteiger charge is 2.42. The minimum absolute atomic E-state index is 0.120. The predicted octanol–water partition coefficient (Wildman–Crippen LogP) is 1.21. The predicted molar refractivity (Wildman–Crippen MR) is 188 cm³/mol. The van der Waals surface area contributed by atoms with Crippen molar-refractivity contribution in [1.82, 2.24) is 31.1 Å². The number of piperidine rings is 1. The third-order valence-corrected chi connectivity index (χ3v) is 10.3. The van der Waals surface area contributed by atoms with Gasteiger partial charge in [-0.15, -0.1) is 0 Å². The first-order chi connectivity index (χ1) is 24.2. The van der Waals surface area contributed by atoms with Crippen molar-refractivity contribution in [2.24, 2.45) is 11.8 Å². The second kappa shape index (κ2) is 20.3. The van der Waals surface area contributed by atoms with Crippen LogP contribution in [0.25, 0.3) is 0 Å². The molecular weight excluding hydrogens is 660 g/mol. The number of carboxylic acids is 1. The molecule has 0 spiro atoms. The fourth-order valence-electron chi connectivity index (χ4n) is 7.38. The Labute approximate surface area is 301 Å². The number of likely N-dealkylation sites (tertiary alicyclic amines) is 2. The highest BCUT2D eigenvalue weighted by Crippen LogP contribution is 2.27. The summed E-state index contributed by atoms with van der Waals surface area (Å²) >= 11 is 0. The number of amides is 6. The fourth-order valence-corrected chi connectivity index (χ4v) is 7.38. The van der Waals surface area contributed by atoms with E-state index in [1.54, 1.807) is 0 Å². The second-order valence-corrected chi connectivity index (χ2v) is 14.7. The molecule has 15 heteroatoms. The van der Waals surface area contributed by atoms with E-state index in [2.05, 4.69) is 21.3 Å². The van der Waals surface area contributed by atoms with Gasteiger partial charge in [-0.2, -0.15) is 0 Å². The number of nitrogens with one attached hydrogen (secondary N) is 4. The molecule has 0 aromatic carbocycles. The van der Waals surface area contributed by atoms with Crippen molar-refractivity contribution in [3.05, 3.63) is 0 Å². The lowest BCUT2D eigenvalue weighted by Crippen LogP contribution is -2.61. The van der Waals surface area contributed by atoms with Crippen molar-refractivity contribution >= 4 is 41.4 Å². The molecule has 1 aliphatic carbocycles. The Morgan fingerprint density at radius 2 is 1.31 bits per heavy atom. The molecule has 51 heavy (non-hydrogen) atoms. The summed E-state index contributed by atoms with van der Waals surface area (Å²) in [6, 6.07) is -5.67. The molecule has 0 radical (unpaired) electrons.